The first kappa shape index (κ1) is 23.2. The number of anilines is 1. The molecule has 0 saturated carbocycles. The highest BCUT2D eigenvalue weighted by atomic mass is 35.5. The van der Waals surface area contributed by atoms with Gasteiger partial charge in [0.2, 0.25) is 0 Å². The van der Waals surface area contributed by atoms with Crippen molar-refractivity contribution in [3.63, 3.8) is 0 Å². The second-order valence-electron chi connectivity index (χ2n) is 7.25. The number of fused-ring (bicyclic) bond motifs is 1. The Morgan fingerprint density at radius 1 is 1.16 bits per heavy atom. The minimum absolute atomic E-state index is 0.0207. The number of nitro groups is 1. The lowest BCUT2D eigenvalue weighted by molar-refractivity contribution is -0.384. The molecule has 3 rings (SSSR count). The van der Waals surface area contributed by atoms with E-state index in [-0.39, 0.29) is 30.5 Å². The van der Waals surface area contributed by atoms with Crippen LogP contribution in [-0.2, 0) is 20.7 Å². The number of halogens is 1. The summed E-state index contributed by atoms with van der Waals surface area (Å²) in [5.74, 6) is -1.20. The Kier molecular flexibility index (Phi) is 7.77. The van der Waals surface area contributed by atoms with Crippen molar-refractivity contribution >= 4 is 40.8 Å². The fourth-order valence-corrected chi connectivity index (χ4v) is 3.51. The minimum Gasteiger partial charge on any atom is -0.456 e. The molecule has 0 fully saturated rings. The van der Waals surface area contributed by atoms with Gasteiger partial charge in [0, 0.05) is 47.9 Å². The van der Waals surface area contributed by atoms with Gasteiger partial charge in [0.15, 0.2) is 6.61 Å². The van der Waals surface area contributed by atoms with Crippen molar-refractivity contribution < 1.29 is 24.0 Å². The Hall–Kier alpha value is -3.46. The van der Waals surface area contributed by atoms with E-state index in [1.807, 2.05) is 0 Å². The molecule has 1 aliphatic rings. The molecule has 2 aromatic carbocycles. The van der Waals surface area contributed by atoms with E-state index in [0.717, 1.165) is 5.56 Å². The molecule has 1 aliphatic heterocycles. The highest BCUT2D eigenvalue weighted by Crippen LogP contribution is 2.30. The number of amides is 2. The molecule has 0 unspecified atom stereocenters. The maximum atomic E-state index is 12.5. The van der Waals surface area contributed by atoms with Gasteiger partial charge in [0.05, 0.1) is 4.92 Å². The first-order valence-electron chi connectivity index (χ1n) is 10.1. The Labute approximate surface area is 189 Å². The fourth-order valence-electron chi connectivity index (χ4n) is 3.39. The lowest BCUT2D eigenvalue weighted by Gasteiger charge is -2.29. The van der Waals surface area contributed by atoms with Crippen LogP contribution in [0.15, 0.2) is 42.5 Å². The summed E-state index contributed by atoms with van der Waals surface area (Å²) < 4.78 is 5.07. The SMILES string of the molecule is O=C(CCCNC(=O)c1ccc(Cl)cc1)OCC(=O)N1CCCc2cc([N+](=O)[O-])ccc21. The number of hydrogen-bond donors (Lipinski definition) is 1. The predicted octanol–water partition coefficient (Wildman–Crippen LogP) is 3.28. The number of ether oxygens (including phenoxy) is 1. The number of carbonyl (C=O) groups is 3. The topological polar surface area (TPSA) is 119 Å². The molecule has 2 aromatic rings. The lowest BCUT2D eigenvalue weighted by atomic mass is 10.0. The molecule has 9 nitrogen and oxygen atoms in total. The van der Waals surface area contributed by atoms with Gasteiger partial charge < -0.3 is 15.0 Å². The maximum absolute atomic E-state index is 12.5. The Bertz CT molecular complexity index is 1020. The average molecular weight is 460 g/mol. The zero-order valence-corrected chi connectivity index (χ0v) is 18.0. The van der Waals surface area contributed by atoms with Crippen molar-refractivity contribution in [3.05, 3.63) is 68.7 Å². The molecule has 0 aliphatic carbocycles. The van der Waals surface area contributed by atoms with E-state index in [1.54, 1.807) is 30.3 Å². The third-order valence-corrected chi connectivity index (χ3v) is 5.25. The van der Waals surface area contributed by atoms with E-state index < -0.39 is 17.5 Å². The van der Waals surface area contributed by atoms with Gasteiger partial charge in [-0.15, -0.1) is 0 Å². The molecule has 0 bridgehead atoms. The standard InChI is InChI=1S/C22H22ClN3O6/c23-17-7-5-15(6-8-17)22(29)24-11-1-4-21(28)32-14-20(27)25-12-2-3-16-13-18(26(30)31)9-10-19(16)25/h5-10,13H,1-4,11-12,14H2,(H,24,29). The van der Waals surface area contributed by atoms with Crippen LogP contribution in [0.5, 0.6) is 0 Å². The summed E-state index contributed by atoms with van der Waals surface area (Å²) in [6.45, 7) is 0.326. The zero-order chi connectivity index (χ0) is 23.1. The second kappa shape index (κ2) is 10.7. The normalized spacial score (nSPS) is 12.6. The van der Waals surface area contributed by atoms with Crippen molar-refractivity contribution in [3.8, 4) is 0 Å². The molecule has 0 radical (unpaired) electrons. The van der Waals surface area contributed by atoms with E-state index >= 15 is 0 Å². The second-order valence-corrected chi connectivity index (χ2v) is 7.68. The summed E-state index contributed by atoms with van der Waals surface area (Å²) in [6.07, 6.45) is 1.73. The number of hydrogen-bond acceptors (Lipinski definition) is 6. The Balaban J connectivity index is 1.41. The summed E-state index contributed by atoms with van der Waals surface area (Å²) in [6, 6.07) is 10.8. The highest BCUT2D eigenvalue weighted by molar-refractivity contribution is 6.30. The molecule has 1 heterocycles. The highest BCUT2D eigenvalue weighted by Gasteiger charge is 2.25. The molecule has 10 heteroatoms. The number of non-ortho nitro benzene ring substituents is 1. The Morgan fingerprint density at radius 2 is 1.91 bits per heavy atom. The number of nitrogens with one attached hydrogen (secondary N) is 1. The van der Waals surface area contributed by atoms with Crippen LogP contribution in [0.4, 0.5) is 11.4 Å². The predicted molar refractivity (Wildman–Crippen MR) is 118 cm³/mol. The van der Waals surface area contributed by atoms with Crippen molar-refractivity contribution in [1.29, 1.82) is 0 Å². The molecule has 2 amide bonds. The fraction of sp³-hybridized carbons (Fsp3) is 0.318. The largest absolute Gasteiger partial charge is 0.456 e. The first-order chi connectivity index (χ1) is 15.3. The third-order valence-electron chi connectivity index (χ3n) is 5.00. The molecular formula is C22H22ClN3O6. The Morgan fingerprint density at radius 3 is 2.62 bits per heavy atom. The van der Waals surface area contributed by atoms with Crippen molar-refractivity contribution in [2.45, 2.75) is 25.7 Å². The molecule has 0 saturated heterocycles. The molecule has 0 atom stereocenters. The first-order valence-corrected chi connectivity index (χ1v) is 10.5. The number of benzene rings is 2. The van der Waals surface area contributed by atoms with Gasteiger partial charge in [0.25, 0.3) is 17.5 Å². The third kappa shape index (κ3) is 6.04. The number of nitro benzene ring substituents is 1. The van der Waals surface area contributed by atoms with Crippen molar-refractivity contribution in [1.82, 2.24) is 5.32 Å². The van der Waals surface area contributed by atoms with Gasteiger partial charge in [-0.25, -0.2) is 0 Å². The summed E-state index contributed by atoms with van der Waals surface area (Å²) in [5.41, 5.74) is 1.77. The summed E-state index contributed by atoms with van der Waals surface area (Å²) >= 11 is 5.79. The zero-order valence-electron chi connectivity index (χ0n) is 17.2. The smallest absolute Gasteiger partial charge is 0.306 e. The monoisotopic (exact) mass is 459 g/mol. The van der Waals surface area contributed by atoms with Gasteiger partial charge in [-0.3, -0.25) is 24.5 Å². The van der Waals surface area contributed by atoms with Gasteiger partial charge in [-0.1, -0.05) is 11.6 Å². The minimum atomic E-state index is -0.542. The maximum Gasteiger partial charge on any atom is 0.306 e. The number of rotatable bonds is 8. The number of esters is 1. The van der Waals surface area contributed by atoms with Crippen LogP contribution in [0.3, 0.4) is 0 Å². The van der Waals surface area contributed by atoms with E-state index in [2.05, 4.69) is 5.32 Å². The number of carbonyl (C=O) groups excluding carboxylic acids is 3. The molecular weight excluding hydrogens is 438 g/mol. The lowest BCUT2D eigenvalue weighted by Crippen LogP contribution is -2.38. The molecule has 32 heavy (non-hydrogen) atoms. The molecule has 0 aromatic heterocycles. The van der Waals surface area contributed by atoms with E-state index in [1.165, 1.54) is 17.0 Å². The molecule has 1 N–H and O–H groups in total. The number of nitrogens with zero attached hydrogens (tertiary/aromatic N) is 2. The van der Waals surface area contributed by atoms with Crippen LogP contribution in [0.2, 0.25) is 5.02 Å². The summed E-state index contributed by atoms with van der Waals surface area (Å²) in [5, 5.41) is 14.2. The van der Waals surface area contributed by atoms with E-state index in [9.17, 15) is 24.5 Å². The van der Waals surface area contributed by atoms with E-state index in [4.69, 9.17) is 16.3 Å². The number of aryl methyl sites for hydroxylation is 1. The van der Waals surface area contributed by atoms with Crippen LogP contribution >= 0.6 is 11.6 Å². The van der Waals surface area contributed by atoms with Crippen LogP contribution in [0.25, 0.3) is 0 Å². The average Bonchev–Trinajstić information content (AvgIpc) is 2.79. The quantitative estimate of drug-likeness (QED) is 0.280. The van der Waals surface area contributed by atoms with Crippen LogP contribution < -0.4 is 10.2 Å². The van der Waals surface area contributed by atoms with Gasteiger partial charge >= 0.3 is 5.97 Å². The van der Waals surface area contributed by atoms with Crippen molar-refractivity contribution in [2.75, 3.05) is 24.6 Å². The van der Waals surface area contributed by atoms with Crippen LogP contribution in [0.1, 0.15) is 35.2 Å². The van der Waals surface area contributed by atoms with Crippen LogP contribution in [0, 0.1) is 10.1 Å². The van der Waals surface area contributed by atoms with Gasteiger partial charge in [-0.2, -0.15) is 0 Å². The summed E-state index contributed by atoms with van der Waals surface area (Å²) in [4.78, 5) is 48.4. The van der Waals surface area contributed by atoms with E-state index in [0.29, 0.717) is 42.1 Å². The summed E-state index contributed by atoms with van der Waals surface area (Å²) in [7, 11) is 0. The van der Waals surface area contributed by atoms with Gasteiger partial charge in [-0.05, 0) is 55.2 Å². The van der Waals surface area contributed by atoms with Crippen LogP contribution in [-0.4, -0.2) is 42.4 Å². The molecule has 0 spiro atoms. The van der Waals surface area contributed by atoms with Crippen molar-refractivity contribution in [2.24, 2.45) is 0 Å². The van der Waals surface area contributed by atoms with Gasteiger partial charge in [0.1, 0.15) is 0 Å². The molecule has 168 valence electrons.